The van der Waals surface area contributed by atoms with Crippen LogP contribution in [-0.4, -0.2) is 48.4 Å². The molecule has 2 aliphatic heterocycles. The summed E-state index contributed by atoms with van der Waals surface area (Å²) in [4.78, 5) is 6.96. The first-order chi connectivity index (χ1) is 13.1. The highest BCUT2D eigenvalue weighted by molar-refractivity contribution is 5.28. The topological polar surface area (TPSA) is 43.8 Å². The average Bonchev–Trinajstić information content (AvgIpc) is 2.66. The van der Waals surface area contributed by atoms with Crippen molar-refractivity contribution in [3.8, 4) is 5.75 Å². The molecule has 0 radical (unpaired) electrons. The molecule has 1 aromatic carbocycles. The highest BCUT2D eigenvalue weighted by atomic mass is 16.5. The van der Waals surface area contributed by atoms with Gasteiger partial charge in [0.05, 0.1) is 31.1 Å². The van der Waals surface area contributed by atoms with E-state index in [9.17, 15) is 0 Å². The molecule has 0 saturated carbocycles. The van der Waals surface area contributed by atoms with E-state index >= 15 is 0 Å². The Bertz CT molecular complexity index is 774. The third-order valence-electron chi connectivity index (χ3n) is 5.42. The Labute approximate surface area is 161 Å². The summed E-state index contributed by atoms with van der Waals surface area (Å²) in [6, 6.07) is 14.4. The standard InChI is InChI=1S/C22H28N2O3/c1-17-5-3-7-19(23-17)14-26-21-9-10-27-22(12-21)15-24(16-22)13-18-6-4-8-20(11-18)25-2/h3-8,11,21H,9-10,12-16H2,1-2H3/t21-/m1/s1. The van der Waals surface area contributed by atoms with Gasteiger partial charge in [0.25, 0.3) is 0 Å². The van der Waals surface area contributed by atoms with E-state index < -0.39 is 0 Å². The minimum absolute atomic E-state index is 0.0399. The Hall–Kier alpha value is -1.95. The monoisotopic (exact) mass is 368 g/mol. The molecule has 144 valence electrons. The van der Waals surface area contributed by atoms with Crippen LogP contribution in [0.4, 0.5) is 0 Å². The molecular weight excluding hydrogens is 340 g/mol. The van der Waals surface area contributed by atoms with Gasteiger partial charge in [-0.3, -0.25) is 9.88 Å². The number of aromatic nitrogens is 1. The number of benzene rings is 1. The summed E-state index contributed by atoms with van der Waals surface area (Å²) < 4.78 is 17.6. The van der Waals surface area contributed by atoms with E-state index in [2.05, 4.69) is 22.0 Å². The van der Waals surface area contributed by atoms with Crippen LogP contribution in [0.3, 0.4) is 0 Å². The maximum Gasteiger partial charge on any atom is 0.119 e. The molecule has 0 unspecified atom stereocenters. The first-order valence-electron chi connectivity index (χ1n) is 9.68. The van der Waals surface area contributed by atoms with Crippen molar-refractivity contribution < 1.29 is 14.2 Å². The lowest BCUT2D eigenvalue weighted by atomic mass is 9.84. The zero-order chi connectivity index (χ0) is 18.7. The van der Waals surface area contributed by atoms with Crippen LogP contribution in [0.5, 0.6) is 5.75 Å². The molecule has 27 heavy (non-hydrogen) atoms. The highest BCUT2D eigenvalue weighted by Gasteiger charge is 2.47. The summed E-state index contributed by atoms with van der Waals surface area (Å²) >= 11 is 0. The quantitative estimate of drug-likeness (QED) is 0.782. The van der Waals surface area contributed by atoms with Crippen LogP contribution in [0.1, 0.15) is 29.8 Å². The fourth-order valence-corrected chi connectivity index (χ4v) is 4.14. The summed E-state index contributed by atoms with van der Waals surface area (Å²) in [6.07, 6.45) is 2.18. The first-order valence-corrected chi connectivity index (χ1v) is 9.68. The molecule has 1 spiro atoms. The molecule has 2 aliphatic rings. The van der Waals surface area contributed by atoms with Crippen LogP contribution in [0.25, 0.3) is 0 Å². The van der Waals surface area contributed by atoms with Crippen molar-refractivity contribution in [2.45, 2.75) is 44.6 Å². The maximum atomic E-state index is 6.16. The van der Waals surface area contributed by atoms with Crippen molar-refractivity contribution in [3.05, 3.63) is 59.4 Å². The van der Waals surface area contributed by atoms with E-state index in [0.717, 1.165) is 56.2 Å². The minimum atomic E-state index is -0.0399. The molecule has 0 amide bonds. The fourth-order valence-electron chi connectivity index (χ4n) is 4.14. The smallest absolute Gasteiger partial charge is 0.119 e. The van der Waals surface area contributed by atoms with Gasteiger partial charge in [-0.05, 0) is 43.2 Å². The van der Waals surface area contributed by atoms with E-state index in [1.165, 1.54) is 5.56 Å². The number of hydrogen-bond donors (Lipinski definition) is 0. The lowest BCUT2D eigenvalue weighted by molar-refractivity contribution is -0.200. The van der Waals surface area contributed by atoms with Gasteiger partial charge in [0.1, 0.15) is 5.75 Å². The molecule has 4 rings (SSSR count). The number of likely N-dealkylation sites (tertiary alicyclic amines) is 1. The number of hydrogen-bond acceptors (Lipinski definition) is 5. The Kier molecular flexibility index (Phi) is 5.43. The van der Waals surface area contributed by atoms with Crippen molar-refractivity contribution in [2.24, 2.45) is 0 Å². The molecule has 5 heteroatoms. The molecule has 2 fully saturated rings. The molecule has 0 aliphatic carbocycles. The Morgan fingerprint density at radius 3 is 2.89 bits per heavy atom. The molecule has 1 aromatic heterocycles. The average molecular weight is 368 g/mol. The van der Waals surface area contributed by atoms with E-state index in [1.807, 2.05) is 37.3 Å². The summed E-state index contributed by atoms with van der Waals surface area (Å²) in [7, 11) is 1.71. The van der Waals surface area contributed by atoms with E-state index in [0.29, 0.717) is 6.61 Å². The lowest BCUT2D eigenvalue weighted by Gasteiger charge is -2.53. The van der Waals surface area contributed by atoms with Gasteiger partial charge in [-0.15, -0.1) is 0 Å². The van der Waals surface area contributed by atoms with Gasteiger partial charge in [0.2, 0.25) is 0 Å². The van der Waals surface area contributed by atoms with Crippen LogP contribution in [0, 0.1) is 6.92 Å². The lowest BCUT2D eigenvalue weighted by Crippen LogP contribution is -2.65. The maximum absolute atomic E-state index is 6.16. The molecule has 2 saturated heterocycles. The molecule has 0 N–H and O–H groups in total. The Morgan fingerprint density at radius 2 is 2.07 bits per heavy atom. The summed E-state index contributed by atoms with van der Waals surface area (Å²) in [6.45, 7) is 6.23. The molecule has 3 heterocycles. The SMILES string of the molecule is COc1cccc(CN2CC3(C[C@H](OCc4cccc(C)n4)CCO3)C2)c1. The minimum Gasteiger partial charge on any atom is -0.497 e. The van der Waals surface area contributed by atoms with E-state index in [4.69, 9.17) is 14.2 Å². The summed E-state index contributed by atoms with van der Waals surface area (Å²) in [5, 5.41) is 0. The van der Waals surface area contributed by atoms with Crippen molar-refractivity contribution in [1.29, 1.82) is 0 Å². The van der Waals surface area contributed by atoms with Gasteiger partial charge < -0.3 is 14.2 Å². The normalized spacial score (nSPS) is 21.8. The first kappa shape index (κ1) is 18.4. The summed E-state index contributed by atoms with van der Waals surface area (Å²) in [5.74, 6) is 0.912. The molecule has 2 aromatic rings. The van der Waals surface area contributed by atoms with Crippen LogP contribution in [-0.2, 0) is 22.6 Å². The molecule has 1 atom stereocenters. The second-order valence-corrected chi connectivity index (χ2v) is 7.72. The van der Waals surface area contributed by atoms with Crippen LogP contribution in [0.2, 0.25) is 0 Å². The fraction of sp³-hybridized carbons (Fsp3) is 0.500. The van der Waals surface area contributed by atoms with Crippen molar-refractivity contribution in [3.63, 3.8) is 0 Å². The zero-order valence-electron chi connectivity index (χ0n) is 16.2. The number of aryl methyl sites for hydroxylation is 1. The van der Waals surface area contributed by atoms with Crippen molar-refractivity contribution in [2.75, 3.05) is 26.8 Å². The predicted octanol–water partition coefficient (Wildman–Crippen LogP) is 3.35. The predicted molar refractivity (Wildman–Crippen MR) is 104 cm³/mol. The van der Waals surface area contributed by atoms with Crippen molar-refractivity contribution in [1.82, 2.24) is 9.88 Å². The molecule has 5 nitrogen and oxygen atoms in total. The van der Waals surface area contributed by atoms with Gasteiger partial charge in [0, 0.05) is 38.4 Å². The van der Waals surface area contributed by atoms with Gasteiger partial charge in [-0.25, -0.2) is 0 Å². The third kappa shape index (κ3) is 4.49. The third-order valence-corrected chi connectivity index (χ3v) is 5.42. The largest absolute Gasteiger partial charge is 0.497 e. The molecular formula is C22H28N2O3. The second-order valence-electron chi connectivity index (χ2n) is 7.72. The number of methoxy groups -OCH3 is 1. The Morgan fingerprint density at radius 1 is 1.22 bits per heavy atom. The molecule has 0 bridgehead atoms. The number of nitrogens with zero attached hydrogens (tertiary/aromatic N) is 2. The van der Waals surface area contributed by atoms with Crippen molar-refractivity contribution >= 4 is 0 Å². The summed E-state index contributed by atoms with van der Waals surface area (Å²) in [5.41, 5.74) is 3.27. The number of rotatable bonds is 6. The van der Waals surface area contributed by atoms with Gasteiger partial charge in [0.15, 0.2) is 0 Å². The van der Waals surface area contributed by atoms with E-state index in [-0.39, 0.29) is 11.7 Å². The van der Waals surface area contributed by atoms with E-state index in [1.54, 1.807) is 7.11 Å². The number of ether oxygens (including phenoxy) is 3. The van der Waals surface area contributed by atoms with Crippen LogP contribution < -0.4 is 4.74 Å². The van der Waals surface area contributed by atoms with Crippen LogP contribution >= 0.6 is 0 Å². The zero-order valence-corrected chi connectivity index (χ0v) is 16.2. The number of pyridine rings is 1. The highest BCUT2D eigenvalue weighted by Crippen LogP contribution is 2.36. The second kappa shape index (κ2) is 7.97. The Balaban J connectivity index is 1.27. The van der Waals surface area contributed by atoms with Gasteiger partial charge in [-0.1, -0.05) is 18.2 Å². The van der Waals surface area contributed by atoms with Gasteiger partial charge in [-0.2, -0.15) is 0 Å². The van der Waals surface area contributed by atoms with Gasteiger partial charge >= 0.3 is 0 Å². The van der Waals surface area contributed by atoms with Crippen LogP contribution in [0.15, 0.2) is 42.5 Å².